The van der Waals surface area contributed by atoms with E-state index < -0.39 is 0 Å². The number of nitrogens with zero attached hydrogens (tertiary/aromatic N) is 1. The van der Waals surface area contributed by atoms with Gasteiger partial charge in [0.15, 0.2) is 0 Å². The molecule has 0 aliphatic carbocycles. The second kappa shape index (κ2) is 3.84. The third kappa shape index (κ3) is 1.53. The van der Waals surface area contributed by atoms with Gasteiger partial charge in [0.05, 0.1) is 11.4 Å². The summed E-state index contributed by atoms with van der Waals surface area (Å²) in [6.45, 7) is 0. The Morgan fingerprint density at radius 1 is 1.16 bits per heavy atom. The lowest BCUT2D eigenvalue weighted by molar-refractivity contribution is -0.117. The highest BCUT2D eigenvalue weighted by molar-refractivity contribution is 9.10. The molecule has 0 fully saturated rings. The Labute approximate surface area is 119 Å². The van der Waals surface area contributed by atoms with E-state index in [9.17, 15) is 4.79 Å². The van der Waals surface area contributed by atoms with Gasteiger partial charge >= 0.3 is 0 Å². The Kier molecular flexibility index (Phi) is 2.23. The number of hydrogen-bond acceptors (Lipinski definition) is 2. The van der Waals surface area contributed by atoms with Crippen molar-refractivity contribution in [3.05, 3.63) is 52.5 Å². The number of rotatable bonds is 0. The maximum atomic E-state index is 12.2. The van der Waals surface area contributed by atoms with Crippen LogP contribution in [0.15, 0.2) is 46.9 Å². The third-order valence-corrected chi connectivity index (χ3v) is 4.25. The van der Waals surface area contributed by atoms with Crippen molar-refractivity contribution in [2.75, 3.05) is 10.2 Å². The summed E-state index contributed by atoms with van der Waals surface area (Å²) in [7, 11) is 0. The lowest BCUT2D eigenvalue weighted by Gasteiger charge is -2.33. The van der Waals surface area contributed by atoms with Gasteiger partial charge in [-0.3, -0.25) is 4.79 Å². The van der Waals surface area contributed by atoms with Crippen molar-refractivity contribution >= 4 is 38.9 Å². The highest BCUT2D eigenvalue weighted by Gasteiger charge is 2.39. The van der Waals surface area contributed by atoms with Crippen molar-refractivity contribution in [1.29, 1.82) is 0 Å². The normalized spacial score (nSPS) is 19.5. The zero-order chi connectivity index (χ0) is 13.0. The molecule has 3 nitrogen and oxygen atoms in total. The lowest BCUT2D eigenvalue weighted by Crippen LogP contribution is -2.43. The van der Waals surface area contributed by atoms with E-state index in [1.54, 1.807) is 0 Å². The van der Waals surface area contributed by atoms with Gasteiger partial charge in [-0.25, -0.2) is 0 Å². The molecule has 0 saturated carbocycles. The first-order chi connectivity index (χ1) is 9.24. The quantitative estimate of drug-likeness (QED) is 0.807. The van der Waals surface area contributed by atoms with E-state index >= 15 is 0 Å². The number of halogens is 1. The average molecular weight is 315 g/mol. The smallest absolute Gasteiger partial charge is 0.247 e. The molecule has 0 bridgehead atoms. The first kappa shape index (κ1) is 11.1. The van der Waals surface area contributed by atoms with Gasteiger partial charge in [0, 0.05) is 16.6 Å². The molecular weight excluding hydrogens is 304 g/mol. The molecule has 0 radical (unpaired) electrons. The molecule has 2 heterocycles. The van der Waals surface area contributed by atoms with E-state index in [2.05, 4.69) is 44.3 Å². The van der Waals surface area contributed by atoms with Crippen LogP contribution in [0.4, 0.5) is 17.1 Å². The highest BCUT2D eigenvalue weighted by atomic mass is 79.9. The Bertz CT molecular complexity index is 698. The molecule has 4 rings (SSSR count). The number of benzene rings is 2. The molecule has 1 N–H and O–H groups in total. The summed E-state index contributed by atoms with van der Waals surface area (Å²) in [5, 5.41) is 2.99. The van der Waals surface area contributed by atoms with E-state index in [0.29, 0.717) is 0 Å². The average Bonchev–Trinajstić information content (AvgIpc) is 2.80. The van der Waals surface area contributed by atoms with Gasteiger partial charge < -0.3 is 10.2 Å². The molecular formula is C15H11BrN2O. The number of para-hydroxylation sites is 1. The van der Waals surface area contributed by atoms with Crippen LogP contribution in [0.2, 0.25) is 0 Å². The summed E-state index contributed by atoms with van der Waals surface area (Å²) in [5.41, 5.74) is 4.31. The van der Waals surface area contributed by atoms with Crippen LogP contribution in [0.1, 0.15) is 5.56 Å². The van der Waals surface area contributed by atoms with Crippen molar-refractivity contribution in [3.8, 4) is 0 Å². The SMILES string of the molecule is O=C1Nc2ccc(Br)cc2N2c3ccccc3CC12. The first-order valence-corrected chi connectivity index (χ1v) is 7.01. The number of anilines is 3. The Hall–Kier alpha value is -1.81. The van der Waals surface area contributed by atoms with Gasteiger partial charge in [0.1, 0.15) is 6.04 Å². The van der Waals surface area contributed by atoms with Crippen LogP contribution in [0, 0.1) is 0 Å². The number of amides is 1. The van der Waals surface area contributed by atoms with Crippen LogP contribution in [-0.2, 0) is 11.2 Å². The predicted molar refractivity (Wildman–Crippen MR) is 78.8 cm³/mol. The van der Waals surface area contributed by atoms with Gasteiger partial charge in [-0.15, -0.1) is 0 Å². The van der Waals surface area contributed by atoms with Gasteiger partial charge in [-0.05, 0) is 29.8 Å². The molecule has 19 heavy (non-hydrogen) atoms. The van der Waals surface area contributed by atoms with Crippen LogP contribution < -0.4 is 10.2 Å². The Balaban J connectivity index is 1.96. The summed E-state index contributed by atoms with van der Waals surface area (Å²) in [6, 6.07) is 14.0. The molecule has 1 amide bonds. The molecule has 2 aromatic rings. The minimum Gasteiger partial charge on any atom is -0.327 e. The fourth-order valence-electron chi connectivity index (χ4n) is 2.92. The number of carbonyl (C=O) groups excluding carboxylic acids is 1. The number of nitrogens with one attached hydrogen (secondary N) is 1. The monoisotopic (exact) mass is 314 g/mol. The summed E-state index contributed by atoms with van der Waals surface area (Å²) >= 11 is 3.50. The minimum absolute atomic E-state index is 0.0750. The largest absolute Gasteiger partial charge is 0.327 e. The number of fused-ring (bicyclic) bond motifs is 5. The molecule has 4 heteroatoms. The Morgan fingerprint density at radius 2 is 2.00 bits per heavy atom. The third-order valence-electron chi connectivity index (χ3n) is 3.76. The molecule has 1 atom stereocenters. The van der Waals surface area contributed by atoms with Gasteiger partial charge in [-0.2, -0.15) is 0 Å². The van der Waals surface area contributed by atoms with E-state index in [1.807, 2.05) is 24.3 Å². The lowest BCUT2D eigenvalue weighted by atomic mass is 10.1. The summed E-state index contributed by atoms with van der Waals surface area (Å²) in [4.78, 5) is 14.4. The maximum Gasteiger partial charge on any atom is 0.247 e. The van der Waals surface area contributed by atoms with Crippen LogP contribution in [0.25, 0.3) is 0 Å². The summed E-state index contributed by atoms with van der Waals surface area (Å²) < 4.78 is 1.02. The zero-order valence-electron chi connectivity index (χ0n) is 10.1. The summed E-state index contributed by atoms with van der Waals surface area (Å²) in [6.07, 6.45) is 0.772. The Morgan fingerprint density at radius 3 is 2.89 bits per heavy atom. The predicted octanol–water partition coefficient (Wildman–Crippen LogP) is 3.46. The first-order valence-electron chi connectivity index (χ1n) is 6.21. The highest BCUT2D eigenvalue weighted by Crippen LogP contribution is 2.45. The fourth-order valence-corrected chi connectivity index (χ4v) is 3.27. The van der Waals surface area contributed by atoms with E-state index in [-0.39, 0.29) is 11.9 Å². The standard InChI is InChI=1S/C15H11BrN2O/c16-10-5-6-11-13(8-10)18-12-4-2-1-3-9(12)7-14(18)15(19)17-11/h1-6,8,14H,7H2,(H,17,19). The van der Waals surface area contributed by atoms with Crippen LogP contribution >= 0.6 is 15.9 Å². The van der Waals surface area contributed by atoms with E-state index in [0.717, 1.165) is 28.0 Å². The van der Waals surface area contributed by atoms with Crippen LogP contribution in [0.5, 0.6) is 0 Å². The van der Waals surface area contributed by atoms with Crippen LogP contribution in [-0.4, -0.2) is 11.9 Å². The second-order valence-corrected chi connectivity index (χ2v) is 5.79. The van der Waals surface area contributed by atoms with Crippen molar-refractivity contribution < 1.29 is 4.79 Å². The molecule has 2 aliphatic rings. The molecule has 2 aromatic carbocycles. The van der Waals surface area contributed by atoms with Gasteiger partial charge in [-0.1, -0.05) is 34.1 Å². The van der Waals surface area contributed by atoms with Crippen LogP contribution in [0.3, 0.4) is 0 Å². The van der Waals surface area contributed by atoms with Crippen molar-refractivity contribution in [3.63, 3.8) is 0 Å². The van der Waals surface area contributed by atoms with Crippen molar-refractivity contribution in [1.82, 2.24) is 0 Å². The second-order valence-electron chi connectivity index (χ2n) is 4.87. The maximum absolute atomic E-state index is 12.2. The van der Waals surface area contributed by atoms with Gasteiger partial charge in [0.2, 0.25) is 5.91 Å². The fraction of sp³-hybridized carbons (Fsp3) is 0.133. The molecule has 0 saturated heterocycles. The molecule has 1 unspecified atom stereocenters. The minimum atomic E-state index is -0.126. The number of carbonyl (C=O) groups is 1. The topological polar surface area (TPSA) is 32.3 Å². The molecule has 2 aliphatic heterocycles. The molecule has 0 aromatic heterocycles. The number of hydrogen-bond donors (Lipinski definition) is 1. The zero-order valence-corrected chi connectivity index (χ0v) is 11.6. The van der Waals surface area contributed by atoms with Gasteiger partial charge in [0.25, 0.3) is 0 Å². The molecule has 0 spiro atoms. The van der Waals surface area contributed by atoms with E-state index in [4.69, 9.17) is 0 Å². The summed E-state index contributed by atoms with van der Waals surface area (Å²) in [5.74, 6) is 0.0750. The molecule has 94 valence electrons. The van der Waals surface area contributed by atoms with Crippen molar-refractivity contribution in [2.24, 2.45) is 0 Å². The van der Waals surface area contributed by atoms with Crippen molar-refractivity contribution in [2.45, 2.75) is 12.5 Å². The van der Waals surface area contributed by atoms with E-state index in [1.165, 1.54) is 5.56 Å².